The highest BCUT2D eigenvalue weighted by molar-refractivity contribution is 5.93. The fourth-order valence-corrected chi connectivity index (χ4v) is 1.40. The van der Waals surface area contributed by atoms with Crippen LogP contribution in [0.15, 0.2) is 30.3 Å². The first-order valence-electron chi connectivity index (χ1n) is 4.10. The highest BCUT2D eigenvalue weighted by atomic mass is 19.1. The Morgan fingerprint density at radius 1 is 1.21 bits per heavy atom. The van der Waals surface area contributed by atoms with Crippen LogP contribution >= 0.6 is 0 Å². The molecule has 0 fully saturated rings. The third-order valence-electron chi connectivity index (χ3n) is 2.14. The van der Waals surface area contributed by atoms with Crippen LogP contribution in [0.25, 0.3) is 10.8 Å². The van der Waals surface area contributed by atoms with E-state index in [0.29, 0.717) is 10.9 Å². The Bertz CT molecular complexity index is 541. The maximum absolute atomic E-state index is 13.0. The number of benzene rings is 2. The zero-order chi connectivity index (χ0) is 10.1. The highest BCUT2D eigenvalue weighted by Crippen LogP contribution is 2.24. The van der Waals surface area contributed by atoms with Gasteiger partial charge in [0.25, 0.3) is 0 Å². The van der Waals surface area contributed by atoms with E-state index in [-0.39, 0.29) is 5.69 Å². The Morgan fingerprint density at radius 2 is 2.00 bits per heavy atom. The van der Waals surface area contributed by atoms with Gasteiger partial charge in [-0.3, -0.25) is 0 Å². The molecule has 2 N–H and O–H groups in total. The number of fused-ring (bicyclic) bond motifs is 1. The van der Waals surface area contributed by atoms with Crippen LogP contribution in [0.2, 0.25) is 0 Å². The van der Waals surface area contributed by atoms with Gasteiger partial charge in [0.05, 0.1) is 17.3 Å². The third kappa shape index (κ3) is 1.17. The van der Waals surface area contributed by atoms with E-state index in [4.69, 9.17) is 11.0 Å². The minimum atomic E-state index is -0.429. The van der Waals surface area contributed by atoms with Crippen LogP contribution in [0.5, 0.6) is 0 Å². The molecule has 0 spiro atoms. The lowest BCUT2D eigenvalue weighted by atomic mass is 10.1. The summed E-state index contributed by atoms with van der Waals surface area (Å²) in [6.45, 7) is 0. The van der Waals surface area contributed by atoms with Crippen LogP contribution in [0.3, 0.4) is 0 Å². The molecule has 0 aliphatic heterocycles. The molecule has 3 heteroatoms. The van der Waals surface area contributed by atoms with E-state index in [2.05, 4.69) is 0 Å². The lowest BCUT2D eigenvalue weighted by molar-refractivity contribution is 0.634. The Balaban J connectivity index is 2.83. The lowest BCUT2D eigenvalue weighted by Crippen LogP contribution is -1.91. The SMILES string of the molecule is N#Cc1ccc2c(N)c(F)ccc2c1. The molecule has 0 radical (unpaired) electrons. The number of nitrogens with two attached hydrogens (primary N) is 1. The number of rotatable bonds is 0. The summed E-state index contributed by atoms with van der Waals surface area (Å²) in [7, 11) is 0. The van der Waals surface area contributed by atoms with Gasteiger partial charge >= 0.3 is 0 Å². The molecule has 0 aliphatic carbocycles. The van der Waals surface area contributed by atoms with Gasteiger partial charge in [0, 0.05) is 5.39 Å². The van der Waals surface area contributed by atoms with Crippen LogP contribution in [-0.4, -0.2) is 0 Å². The maximum Gasteiger partial charge on any atom is 0.146 e. The van der Waals surface area contributed by atoms with Gasteiger partial charge in [0.2, 0.25) is 0 Å². The van der Waals surface area contributed by atoms with Crippen molar-refractivity contribution < 1.29 is 4.39 Å². The summed E-state index contributed by atoms with van der Waals surface area (Å²) in [4.78, 5) is 0. The van der Waals surface area contributed by atoms with Gasteiger partial charge in [-0.2, -0.15) is 5.26 Å². The van der Waals surface area contributed by atoms with Crippen molar-refractivity contribution in [2.75, 3.05) is 5.73 Å². The molecule has 0 aliphatic rings. The van der Waals surface area contributed by atoms with Gasteiger partial charge in [-0.15, -0.1) is 0 Å². The Kier molecular flexibility index (Phi) is 1.83. The first kappa shape index (κ1) is 8.52. The molecule has 0 aromatic heterocycles. The Labute approximate surface area is 80.4 Å². The first-order chi connectivity index (χ1) is 6.72. The molecule has 2 aromatic carbocycles. The van der Waals surface area contributed by atoms with E-state index in [1.54, 1.807) is 24.3 Å². The smallest absolute Gasteiger partial charge is 0.146 e. The molecule has 0 atom stereocenters. The molecule has 0 heterocycles. The van der Waals surface area contributed by atoms with Gasteiger partial charge in [-0.05, 0) is 23.6 Å². The van der Waals surface area contributed by atoms with Crippen molar-refractivity contribution in [3.63, 3.8) is 0 Å². The fourth-order valence-electron chi connectivity index (χ4n) is 1.40. The molecule has 0 saturated heterocycles. The predicted octanol–water partition coefficient (Wildman–Crippen LogP) is 2.43. The number of hydrogen-bond donors (Lipinski definition) is 1. The molecule has 14 heavy (non-hydrogen) atoms. The largest absolute Gasteiger partial charge is 0.396 e. The summed E-state index contributed by atoms with van der Waals surface area (Å²) >= 11 is 0. The zero-order valence-electron chi connectivity index (χ0n) is 7.29. The van der Waals surface area contributed by atoms with E-state index in [1.165, 1.54) is 6.07 Å². The van der Waals surface area contributed by atoms with Crippen molar-refractivity contribution in [2.45, 2.75) is 0 Å². The average Bonchev–Trinajstić information content (AvgIpc) is 2.23. The molecule has 0 unspecified atom stereocenters. The predicted molar refractivity (Wildman–Crippen MR) is 53.0 cm³/mol. The minimum Gasteiger partial charge on any atom is -0.396 e. The van der Waals surface area contributed by atoms with Gasteiger partial charge in [-0.1, -0.05) is 12.1 Å². The molecule has 0 amide bonds. The van der Waals surface area contributed by atoms with Crippen molar-refractivity contribution in [1.29, 1.82) is 5.26 Å². The van der Waals surface area contributed by atoms with E-state index in [0.717, 1.165) is 5.39 Å². The lowest BCUT2D eigenvalue weighted by Gasteiger charge is -2.02. The summed E-state index contributed by atoms with van der Waals surface area (Å²) in [6.07, 6.45) is 0. The van der Waals surface area contributed by atoms with E-state index < -0.39 is 5.82 Å². The van der Waals surface area contributed by atoms with Crippen LogP contribution < -0.4 is 5.73 Å². The third-order valence-corrected chi connectivity index (χ3v) is 2.14. The van der Waals surface area contributed by atoms with E-state index in [9.17, 15) is 4.39 Å². The highest BCUT2D eigenvalue weighted by Gasteiger charge is 2.03. The number of nitrogens with zero attached hydrogens (tertiary/aromatic N) is 1. The summed E-state index contributed by atoms with van der Waals surface area (Å²) in [6, 6.07) is 9.90. The average molecular weight is 186 g/mol. The molecular weight excluding hydrogens is 179 g/mol. The number of hydrogen-bond acceptors (Lipinski definition) is 2. The number of anilines is 1. The van der Waals surface area contributed by atoms with E-state index >= 15 is 0 Å². The van der Waals surface area contributed by atoms with Crippen LogP contribution in [0, 0.1) is 17.1 Å². The summed E-state index contributed by atoms with van der Waals surface area (Å²) in [5.41, 5.74) is 6.23. The molecular formula is C11H7FN2. The number of halogens is 1. The standard InChI is InChI=1S/C11H7FN2/c12-10-4-2-8-5-7(6-13)1-3-9(8)11(10)14/h1-5H,14H2. The van der Waals surface area contributed by atoms with Crippen molar-refractivity contribution in [3.05, 3.63) is 41.7 Å². The number of nitriles is 1. The second-order valence-electron chi connectivity index (χ2n) is 3.01. The zero-order valence-corrected chi connectivity index (χ0v) is 7.29. The van der Waals surface area contributed by atoms with Crippen LogP contribution in [-0.2, 0) is 0 Å². The van der Waals surface area contributed by atoms with Crippen molar-refractivity contribution >= 4 is 16.5 Å². The van der Waals surface area contributed by atoms with Crippen LogP contribution in [0.4, 0.5) is 10.1 Å². The van der Waals surface area contributed by atoms with Crippen molar-refractivity contribution in [2.24, 2.45) is 0 Å². The molecule has 2 nitrogen and oxygen atoms in total. The monoisotopic (exact) mass is 186 g/mol. The Hall–Kier alpha value is -2.08. The molecule has 2 rings (SSSR count). The van der Waals surface area contributed by atoms with Gasteiger partial charge in [0.15, 0.2) is 0 Å². The first-order valence-corrected chi connectivity index (χ1v) is 4.10. The second kappa shape index (κ2) is 3.00. The van der Waals surface area contributed by atoms with Gasteiger partial charge < -0.3 is 5.73 Å². The summed E-state index contributed by atoms with van der Waals surface area (Å²) in [5, 5.41) is 10.1. The molecule has 68 valence electrons. The topological polar surface area (TPSA) is 49.8 Å². The fraction of sp³-hybridized carbons (Fsp3) is 0. The minimum absolute atomic E-state index is 0.131. The van der Waals surface area contributed by atoms with Crippen molar-refractivity contribution in [3.8, 4) is 6.07 Å². The van der Waals surface area contributed by atoms with Crippen molar-refractivity contribution in [1.82, 2.24) is 0 Å². The summed E-state index contributed by atoms with van der Waals surface area (Å²) < 4.78 is 13.0. The molecule has 2 aromatic rings. The Morgan fingerprint density at radius 3 is 2.71 bits per heavy atom. The van der Waals surface area contributed by atoms with Gasteiger partial charge in [0.1, 0.15) is 5.82 Å². The molecule has 0 bridgehead atoms. The maximum atomic E-state index is 13.0. The van der Waals surface area contributed by atoms with Gasteiger partial charge in [-0.25, -0.2) is 4.39 Å². The number of nitrogen functional groups attached to an aromatic ring is 1. The van der Waals surface area contributed by atoms with E-state index in [1.807, 2.05) is 6.07 Å². The quantitative estimate of drug-likeness (QED) is 0.642. The van der Waals surface area contributed by atoms with Crippen LogP contribution in [0.1, 0.15) is 5.56 Å². The second-order valence-corrected chi connectivity index (χ2v) is 3.01. The normalized spacial score (nSPS) is 10.0. The molecule has 0 saturated carbocycles. The summed E-state index contributed by atoms with van der Waals surface area (Å²) in [5.74, 6) is -0.429.